The van der Waals surface area contributed by atoms with Crippen molar-refractivity contribution in [2.24, 2.45) is 0 Å². The van der Waals surface area contributed by atoms with Gasteiger partial charge in [-0.05, 0) is 42.3 Å². The second-order valence-electron chi connectivity index (χ2n) is 5.88. The predicted octanol–water partition coefficient (Wildman–Crippen LogP) is 4.26. The SMILES string of the molecule is CCC(=O)Nc1ccc(C2SCC(=O)N2c2ccc(C)c(F)c2)cc1. The summed E-state index contributed by atoms with van der Waals surface area (Å²) in [5.74, 6) is -0.0517. The molecular formula is C19H19FN2O2S. The summed E-state index contributed by atoms with van der Waals surface area (Å²) in [4.78, 5) is 25.4. The molecule has 0 bridgehead atoms. The molecule has 6 heteroatoms. The number of aryl methyl sites for hydroxylation is 1. The molecule has 1 unspecified atom stereocenters. The zero-order valence-corrected chi connectivity index (χ0v) is 14.9. The molecule has 0 aromatic heterocycles. The number of hydrogen-bond donors (Lipinski definition) is 1. The first-order valence-electron chi connectivity index (χ1n) is 8.09. The number of anilines is 2. The maximum Gasteiger partial charge on any atom is 0.238 e. The number of rotatable bonds is 4. The average Bonchev–Trinajstić information content (AvgIpc) is 2.99. The first-order valence-corrected chi connectivity index (χ1v) is 9.14. The molecule has 1 atom stereocenters. The fraction of sp³-hybridized carbons (Fsp3) is 0.263. The molecule has 2 aromatic rings. The lowest BCUT2D eigenvalue weighted by Gasteiger charge is -2.24. The number of nitrogens with one attached hydrogen (secondary N) is 1. The molecule has 0 spiro atoms. The Kier molecular flexibility index (Phi) is 5.08. The van der Waals surface area contributed by atoms with Crippen molar-refractivity contribution in [3.05, 3.63) is 59.4 Å². The normalized spacial score (nSPS) is 17.0. The van der Waals surface area contributed by atoms with Crippen LogP contribution in [0.15, 0.2) is 42.5 Å². The van der Waals surface area contributed by atoms with Crippen molar-refractivity contribution in [1.29, 1.82) is 0 Å². The molecule has 2 aromatic carbocycles. The highest BCUT2D eigenvalue weighted by Gasteiger charge is 2.34. The van der Waals surface area contributed by atoms with Crippen LogP contribution in [0.5, 0.6) is 0 Å². The molecule has 1 N–H and O–H groups in total. The van der Waals surface area contributed by atoms with Crippen molar-refractivity contribution in [3.8, 4) is 0 Å². The Bertz CT molecular complexity index is 808. The number of carbonyl (C=O) groups is 2. The van der Waals surface area contributed by atoms with Crippen molar-refractivity contribution in [2.45, 2.75) is 25.6 Å². The van der Waals surface area contributed by atoms with Crippen LogP contribution in [0.1, 0.15) is 29.8 Å². The monoisotopic (exact) mass is 358 g/mol. The van der Waals surface area contributed by atoms with Crippen LogP contribution in [0.25, 0.3) is 0 Å². The van der Waals surface area contributed by atoms with E-state index >= 15 is 0 Å². The molecule has 0 saturated carbocycles. The van der Waals surface area contributed by atoms with Gasteiger partial charge in [0.2, 0.25) is 11.8 Å². The minimum Gasteiger partial charge on any atom is -0.326 e. The third-order valence-corrected chi connectivity index (χ3v) is 5.31. The second kappa shape index (κ2) is 7.27. The van der Waals surface area contributed by atoms with Crippen LogP contribution in [0, 0.1) is 12.7 Å². The highest BCUT2D eigenvalue weighted by Crippen LogP contribution is 2.42. The summed E-state index contributed by atoms with van der Waals surface area (Å²) in [5, 5.41) is 2.60. The van der Waals surface area contributed by atoms with Gasteiger partial charge in [0.05, 0.1) is 5.75 Å². The third-order valence-electron chi connectivity index (χ3n) is 4.10. The minimum absolute atomic E-state index is 0.0402. The minimum atomic E-state index is -0.321. The number of thioether (sulfide) groups is 1. The number of halogens is 1. The first kappa shape index (κ1) is 17.5. The van der Waals surface area contributed by atoms with E-state index in [-0.39, 0.29) is 23.0 Å². The Morgan fingerprint density at radius 3 is 2.64 bits per heavy atom. The zero-order valence-electron chi connectivity index (χ0n) is 14.1. The largest absolute Gasteiger partial charge is 0.326 e. The highest BCUT2D eigenvalue weighted by molar-refractivity contribution is 8.00. The molecule has 0 radical (unpaired) electrons. The van der Waals surface area contributed by atoms with E-state index in [2.05, 4.69) is 5.32 Å². The summed E-state index contributed by atoms with van der Waals surface area (Å²) < 4.78 is 13.9. The van der Waals surface area contributed by atoms with Crippen LogP contribution < -0.4 is 10.2 Å². The summed E-state index contributed by atoms with van der Waals surface area (Å²) in [6.07, 6.45) is 0.418. The molecule has 3 rings (SSSR count). The summed E-state index contributed by atoms with van der Waals surface area (Å²) in [5.41, 5.74) is 2.77. The van der Waals surface area contributed by atoms with E-state index in [9.17, 15) is 14.0 Å². The quantitative estimate of drug-likeness (QED) is 0.888. The van der Waals surface area contributed by atoms with E-state index in [1.165, 1.54) is 17.8 Å². The topological polar surface area (TPSA) is 49.4 Å². The van der Waals surface area contributed by atoms with Gasteiger partial charge in [0, 0.05) is 17.8 Å². The smallest absolute Gasteiger partial charge is 0.238 e. The Morgan fingerprint density at radius 2 is 2.00 bits per heavy atom. The van der Waals surface area contributed by atoms with Crippen LogP contribution in [-0.2, 0) is 9.59 Å². The van der Waals surface area contributed by atoms with Gasteiger partial charge in [-0.3, -0.25) is 14.5 Å². The lowest BCUT2D eigenvalue weighted by molar-refractivity contribution is -0.116. The van der Waals surface area contributed by atoms with Gasteiger partial charge in [-0.1, -0.05) is 25.1 Å². The number of nitrogens with zero attached hydrogens (tertiary/aromatic N) is 1. The Balaban J connectivity index is 1.86. The Hall–Kier alpha value is -2.34. The lowest BCUT2D eigenvalue weighted by atomic mass is 10.1. The van der Waals surface area contributed by atoms with E-state index in [1.54, 1.807) is 30.9 Å². The van der Waals surface area contributed by atoms with E-state index in [0.29, 0.717) is 23.4 Å². The van der Waals surface area contributed by atoms with Gasteiger partial charge < -0.3 is 5.32 Å². The van der Waals surface area contributed by atoms with Crippen molar-refractivity contribution in [3.63, 3.8) is 0 Å². The molecule has 1 aliphatic heterocycles. The van der Waals surface area contributed by atoms with Crippen molar-refractivity contribution in [2.75, 3.05) is 16.0 Å². The van der Waals surface area contributed by atoms with Gasteiger partial charge in [0.15, 0.2) is 0 Å². The Morgan fingerprint density at radius 1 is 1.28 bits per heavy atom. The van der Waals surface area contributed by atoms with E-state index < -0.39 is 0 Å². The number of carbonyl (C=O) groups excluding carboxylic acids is 2. The standard InChI is InChI=1S/C19H19FN2O2S/c1-3-17(23)21-14-7-5-13(6-8-14)19-22(18(24)11-25-19)15-9-4-12(2)16(20)10-15/h4-10,19H,3,11H2,1-2H3,(H,21,23). The van der Waals surface area contributed by atoms with Crippen LogP contribution in [-0.4, -0.2) is 17.6 Å². The summed E-state index contributed by atoms with van der Waals surface area (Å²) >= 11 is 1.51. The predicted molar refractivity (Wildman–Crippen MR) is 99.2 cm³/mol. The molecule has 4 nitrogen and oxygen atoms in total. The maximum atomic E-state index is 13.9. The fourth-order valence-corrected chi connectivity index (χ4v) is 3.84. The van der Waals surface area contributed by atoms with Crippen LogP contribution in [0.4, 0.5) is 15.8 Å². The van der Waals surface area contributed by atoms with Gasteiger partial charge in [0.1, 0.15) is 11.2 Å². The Labute approximate surface area is 150 Å². The molecular weight excluding hydrogens is 339 g/mol. The third kappa shape index (κ3) is 3.69. The number of benzene rings is 2. The van der Waals surface area contributed by atoms with Gasteiger partial charge >= 0.3 is 0 Å². The molecule has 1 aliphatic rings. The number of hydrogen-bond acceptors (Lipinski definition) is 3. The molecule has 25 heavy (non-hydrogen) atoms. The molecule has 0 aliphatic carbocycles. The molecule has 2 amide bonds. The van der Waals surface area contributed by atoms with Crippen molar-refractivity contribution in [1.82, 2.24) is 0 Å². The molecule has 130 valence electrons. The van der Waals surface area contributed by atoms with Crippen LogP contribution in [0.3, 0.4) is 0 Å². The summed E-state index contributed by atoms with van der Waals surface area (Å²) in [6.45, 7) is 3.49. The van der Waals surface area contributed by atoms with Gasteiger partial charge in [-0.15, -0.1) is 11.8 Å². The molecule has 1 heterocycles. The van der Waals surface area contributed by atoms with Gasteiger partial charge in [0.25, 0.3) is 0 Å². The average molecular weight is 358 g/mol. The van der Waals surface area contributed by atoms with Crippen LogP contribution >= 0.6 is 11.8 Å². The van der Waals surface area contributed by atoms with E-state index in [0.717, 1.165) is 11.3 Å². The highest BCUT2D eigenvalue weighted by atomic mass is 32.2. The first-order chi connectivity index (χ1) is 12.0. The fourth-order valence-electron chi connectivity index (χ4n) is 2.66. The van der Waals surface area contributed by atoms with Gasteiger partial charge in [-0.2, -0.15) is 0 Å². The van der Waals surface area contributed by atoms with E-state index in [4.69, 9.17) is 0 Å². The summed E-state index contributed by atoms with van der Waals surface area (Å²) in [7, 11) is 0. The van der Waals surface area contributed by atoms with Gasteiger partial charge in [-0.25, -0.2) is 4.39 Å². The van der Waals surface area contributed by atoms with Crippen molar-refractivity contribution < 1.29 is 14.0 Å². The van der Waals surface area contributed by atoms with Crippen LogP contribution in [0.2, 0.25) is 0 Å². The molecule has 1 saturated heterocycles. The lowest BCUT2D eigenvalue weighted by Crippen LogP contribution is -2.27. The van der Waals surface area contributed by atoms with E-state index in [1.807, 2.05) is 24.3 Å². The maximum absolute atomic E-state index is 13.9. The zero-order chi connectivity index (χ0) is 18.0. The number of amides is 2. The summed E-state index contributed by atoms with van der Waals surface area (Å²) in [6, 6.07) is 12.3. The molecule has 1 fully saturated rings. The second-order valence-corrected chi connectivity index (χ2v) is 6.95. The van der Waals surface area contributed by atoms with Crippen molar-refractivity contribution >= 4 is 35.0 Å².